The molecule has 1 N–H and O–H groups in total. The monoisotopic (exact) mass is 327 g/mol. The summed E-state index contributed by atoms with van der Waals surface area (Å²) in [6.45, 7) is 7.43. The Hall–Kier alpha value is -2.06. The second-order valence-electron chi connectivity index (χ2n) is 6.06. The molecule has 2 rings (SSSR count). The van der Waals surface area contributed by atoms with E-state index in [0.29, 0.717) is 0 Å². The van der Waals surface area contributed by atoms with E-state index in [4.69, 9.17) is 0 Å². The molecule has 0 radical (unpaired) electrons. The van der Waals surface area contributed by atoms with E-state index in [1.807, 2.05) is 57.2 Å². The van der Waals surface area contributed by atoms with Crippen LogP contribution in [-0.2, 0) is 4.79 Å². The summed E-state index contributed by atoms with van der Waals surface area (Å²) in [5.41, 5.74) is 0.0528. The van der Waals surface area contributed by atoms with Crippen LogP contribution in [0.15, 0.2) is 41.4 Å². The van der Waals surface area contributed by atoms with Crippen LogP contribution in [0, 0.1) is 17.2 Å². The van der Waals surface area contributed by atoms with Crippen molar-refractivity contribution in [2.45, 2.75) is 43.5 Å². The second-order valence-corrected chi connectivity index (χ2v) is 7.42. The van der Waals surface area contributed by atoms with E-state index < -0.39 is 5.54 Å². The van der Waals surface area contributed by atoms with Crippen LogP contribution in [0.2, 0.25) is 0 Å². The van der Waals surface area contributed by atoms with Gasteiger partial charge in [0.15, 0.2) is 0 Å². The number of pyridine rings is 1. The third-order valence-corrected chi connectivity index (χ3v) is 5.05. The fourth-order valence-corrected chi connectivity index (χ4v) is 2.83. The fraction of sp³-hybridized carbons (Fsp3) is 0.389. The first-order valence-electron chi connectivity index (χ1n) is 7.61. The van der Waals surface area contributed by atoms with Crippen LogP contribution >= 0.6 is 11.8 Å². The Morgan fingerprint density at radius 3 is 2.61 bits per heavy atom. The molecule has 120 valence electrons. The lowest BCUT2D eigenvalue weighted by molar-refractivity contribution is -0.121. The fourth-order valence-electron chi connectivity index (χ4n) is 2.01. The number of hydrogen-bond acceptors (Lipinski definition) is 4. The lowest BCUT2D eigenvalue weighted by atomic mass is 9.90. The average Bonchev–Trinajstić information content (AvgIpc) is 2.54. The van der Waals surface area contributed by atoms with Gasteiger partial charge in [-0.2, -0.15) is 5.26 Å². The minimum absolute atomic E-state index is 0.0347. The molecule has 0 unspecified atom stereocenters. The van der Waals surface area contributed by atoms with E-state index in [1.165, 1.54) is 11.8 Å². The van der Waals surface area contributed by atoms with Crippen molar-refractivity contribution < 1.29 is 4.79 Å². The Balaban J connectivity index is 2.09. The summed E-state index contributed by atoms with van der Waals surface area (Å²) in [5.74, 6) is -0.116. The molecule has 1 heterocycles. The molecule has 0 aliphatic rings. The summed E-state index contributed by atoms with van der Waals surface area (Å²) in [6, 6.07) is 14.0. The molecule has 1 aromatic heterocycles. The van der Waals surface area contributed by atoms with Gasteiger partial charge in [0.2, 0.25) is 5.91 Å². The summed E-state index contributed by atoms with van der Waals surface area (Å²) in [5, 5.41) is 13.7. The van der Waals surface area contributed by atoms with Crippen LogP contribution in [-0.4, -0.2) is 21.7 Å². The number of nitrogens with zero attached hydrogens (tertiary/aromatic N) is 2. The predicted octanol–water partition coefficient (Wildman–Crippen LogP) is 3.77. The maximum absolute atomic E-state index is 12.4. The molecule has 0 saturated heterocycles. The summed E-state index contributed by atoms with van der Waals surface area (Å²) < 4.78 is 0. The quantitative estimate of drug-likeness (QED) is 0.849. The number of amides is 1. The molecule has 0 spiro atoms. The highest BCUT2D eigenvalue weighted by Gasteiger charge is 2.31. The van der Waals surface area contributed by atoms with Gasteiger partial charge in [-0.3, -0.25) is 4.79 Å². The zero-order valence-corrected chi connectivity index (χ0v) is 14.6. The number of benzene rings is 1. The second kappa shape index (κ2) is 7.01. The lowest BCUT2D eigenvalue weighted by Gasteiger charge is -2.28. The van der Waals surface area contributed by atoms with Crippen molar-refractivity contribution in [2.24, 2.45) is 5.92 Å². The Bertz CT molecular complexity index is 753. The van der Waals surface area contributed by atoms with Gasteiger partial charge >= 0.3 is 0 Å². The molecule has 0 aliphatic carbocycles. The van der Waals surface area contributed by atoms with Crippen molar-refractivity contribution in [3.05, 3.63) is 36.4 Å². The van der Waals surface area contributed by atoms with Gasteiger partial charge in [0.05, 0.1) is 21.9 Å². The van der Waals surface area contributed by atoms with Gasteiger partial charge in [0.1, 0.15) is 5.54 Å². The SMILES string of the molecule is CC(C)[C@](C)(C#N)NC(=O)[C@H](C)Sc1ccc2ccccc2n1. The smallest absolute Gasteiger partial charge is 0.234 e. The number of thioether (sulfide) groups is 1. The van der Waals surface area contributed by atoms with Crippen molar-refractivity contribution >= 4 is 28.6 Å². The van der Waals surface area contributed by atoms with E-state index in [2.05, 4.69) is 16.4 Å². The highest BCUT2D eigenvalue weighted by atomic mass is 32.2. The van der Waals surface area contributed by atoms with Gasteiger partial charge in [0.25, 0.3) is 0 Å². The molecule has 0 aliphatic heterocycles. The molecule has 5 heteroatoms. The minimum Gasteiger partial charge on any atom is -0.337 e. The Labute approximate surface area is 141 Å². The summed E-state index contributed by atoms with van der Waals surface area (Å²) in [6.07, 6.45) is 0. The highest BCUT2D eigenvalue weighted by Crippen LogP contribution is 2.25. The van der Waals surface area contributed by atoms with Crippen molar-refractivity contribution in [3.63, 3.8) is 0 Å². The molecule has 23 heavy (non-hydrogen) atoms. The molecule has 4 nitrogen and oxygen atoms in total. The van der Waals surface area contributed by atoms with Crippen LogP contribution in [0.25, 0.3) is 10.9 Å². The maximum atomic E-state index is 12.4. The molecule has 2 atom stereocenters. The largest absolute Gasteiger partial charge is 0.337 e. The van der Waals surface area contributed by atoms with Gasteiger partial charge in [0, 0.05) is 5.39 Å². The third kappa shape index (κ3) is 4.02. The number of fused-ring (bicyclic) bond motifs is 1. The average molecular weight is 327 g/mol. The number of hydrogen-bond donors (Lipinski definition) is 1. The van der Waals surface area contributed by atoms with Gasteiger partial charge in [-0.15, -0.1) is 0 Å². The zero-order valence-electron chi connectivity index (χ0n) is 13.8. The van der Waals surface area contributed by atoms with Gasteiger partial charge in [-0.25, -0.2) is 4.98 Å². The number of carbonyl (C=O) groups excluding carboxylic acids is 1. The zero-order chi connectivity index (χ0) is 17.0. The van der Waals surface area contributed by atoms with Gasteiger partial charge < -0.3 is 5.32 Å². The number of nitriles is 1. The Kier molecular flexibility index (Phi) is 5.27. The van der Waals surface area contributed by atoms with Crippen molar-refractivity contribution in [1.82, 2.24) is 10.3 Å². The number of rotatable bonds is 5. The summed E-state index contributed by atoms with van der Waals surface area (Å²) in [4.78, 5) is 16.9. The molecule has 1 amide bonds. The summed E-state index contributed by atoms with van der Waals surface area (Å²) in [7, 11) is 0. The number of para-hydroxylation sites is 1. The Morgan fingerprint density at radius 1 is 1.26 bits per heavy atom. The lowest BCUT2D eigenvalue weighted by Crippen LogP contribution is -2.51. The van der Waals surface area contributed by atoms with Gasteiger partial charge in [-0.05, 0) is 31.9 Å². The highest BCUT2D eigenvalue weighted by molar-refractivity contribution is 8.00. The van der Waals surface area contributed by atoms with Crippen molar-refractivity contribution in [1.29, 1.82) is 5.26 Å². The topological polar surface area (TPSA) is 65.8 Å². The van der Waals surface area contributed by atoms with Crippen LogP contribution in [0.4, 0.5) is 0 Å². The van der Waals surface area contributed by atoms with Gasteiger partial charge in [-0.1, -0.05) is 49.9 Å². The standard InChI is InChI=1S/C18H21N3OS/c1-12(2)18(4,11-19)21-17(22)13(3)23-16-10-9-14-7-5-6-8-15(14)20-16/h5-10,12-13H,1-4H3,(H,21,22)/t13-,18-/m0/s1. The molecule has 1 aromatic carbocycles. The van der Waals surface area contributed by atoms with Crippen molar-refractivity contribution in [2.75, 3.05) is 0 Å². The van der Waals surface area contributed by atoms with E-state index >= 15 is 0 Å². The first-order valence-corrected chi connectivity index (χ1v) is 8.49. The van der Waals surface area contributed by atoms with Crippen LogP contribution in [0.1, 0.15) is 27.7 Å². The van der Waals surface area contributed by atoms with E-state index in [0.717, 1.165) is 15.9 Å². The first kappa shape index (κ1) is 17.3. The maximum Gasteiger partial charge on any atom is 0.234 e. The normalized spacial score (nSPS) is 15.0. The minimum atomic E-state index is -0.858. The first-order chi connectivity index (χ1) is 10.9. The third-order valence-electron chi connectivity index (χ3n) is 4.01. The summed E-state index contributed by atoms with van der Waals surface area (Å²) >= 11 is 1.40. The molecule has 0 bridgehead atoms. The van der Waals surface area contributed by atoms with Crippen LogP contribution < -0.4 is 5.32 Å². The van der Waals surface area contributed by atoms with E-state index in [-0.39, 0.29) is 17.1 Å². The number of nitrogens with one attached hydrogen (secondary N) is 1. The molecule has 2 aromatic rings. The molecular weight excluding hydrogens is 306 g/mol. The Morgan fingerprint density at radius 2 is 1.96 bits per heavy atom. The number of carbonyl (C=O) groups is 1. The number of aromatic nitrogens is 1. The van der Waals surface area contributed by atoms with E-state index in [1.54, 1.807) is 6.92 Å². The van der Waals surface area contributed by atoms with E-state index in [9.17, 15) is 10.1 Å². The molecular formula is C18H21N3OS. The molecule has 0 fully saturated rings. The van der Waals surface area contributed by atoms with Crippen LogP contribution in [0.3, 0.4) is 0 Å². The molecule has 0 saturated carbocycles. The predicted molar refractivity (Wildman–Crippen MR) is 94.1 cm³/mol. The van der Waals surface area contributed by atoms with Crippen LogP contribution in [0.5, 0.6) is 0 Å². The van der Waals surface area contributed by atoms with Crippen molar-refractivity contribution in [3.8, 4) is 6.07 Å².